The van der Waals surface area contributed by atoms with Crippen molar-refractivity contribution in [1.82, 2.24) is 63.9 Å². The number of aliphatic hydroxyl groups is 1. The lowest BCUT2D eigenvalue weighted by atomic mass is 9.36. The Morgan fingerprint density at radius 2 is 1.05 bits per heavy atom. The molecule has 33 heteroatoms. The van der Waals surface area contributed by atoms with Crippen LogP contribution >= 0.6 is 46.4 Å². The summed E-state index contributed by atoms with van der Waals surface area (Å²) >= 11 is 24.5. The molecule has 5 saturated carbocycles. The molecule has 10 fully saturated rings. The van der Waals surface area contributed by atoms with Gasteiger partial charge in [-0.3, -0.25) is 33.9 Å². The lowest BCUT2D eigenvalue weighted by molar-refractivity contribution is -0.240. The lowest BCUT2D eigenvalue weighted by Crippen LogP contribution is -2.63. The van der Waals surface area contributed by atoms with Gasteiger partial charge in [-0.15, -0.1) is 0 Å². The molecule has 21 nitrogen and oxygen atoms in total. The highest BCUT2D eigenvalue weighted by atomic mass is 35.5. The summed E-state index contributed by atoms with van der Waals surface area (Å²) in [4.78, 5) is 5.97. The molecule has 5 aromatic heterocycles. The molecule has 11 aliphatic rings. The number of nitrogens with zero attached hydrogens (tertiary/aromatic N) is 11. The van der Waals surface area contributed by atoms with Crippen LogP contribution in [-0.4, -0.2) is 192 Å². The van der Waals surface area contributed by atoms with Gasteiger partial charge in [0.2, 0.25) is 10.0 Å². The minimum atomic E-state index is -4.41. The van der Waals surface area contributed by atoms with E-state index in [9.17, 15) is 43.9 Å². The first-order valence-corrected chi connectivity index (χ1v) is 45.7. The number of H-pyrrole nitrogens is 5. The second-order valence-corrected chi connectivity index (χ2v) is 42.2. The summed E-state index contributed by atoms with van der Waals surface area (Å²) in [6.45, 7) is 9.66. The molecule has 0 amide bonds. The first-order chi connectivity index (χ1) is 52.9. The van der Waals surface area contributed by atoms with Crippen molar-refractivity contribution in [2.24, 2.45) is 35.0 Å². The number of nitrogens with one attached hydrogen (secondary N) is 5. The number of aromatic amines is 5. The third kappa shape index (κ3) is 14.9. The van der Waals surface area contributed by atoms with Gasteiger partial charge < -0.3 is 19.8 Å². The van der Waals surface area contributed by atoms with Crippen molar-refractivity contribution in [3.8, 4) is 0 Å². The number of hydrogen-bond acceptors (Lipinski definition) is 13. The topological polar surface area (TPSA) is 251 Å². The van der Waals surface area contributed by atoms with Crippen molar-refractivity contribution in [2.75, 3.05) is 79.3 Å². The number of alkyl halides is 3. The Kier molecular flexibility index (Phi) is 20.8. The fourth-order valence-electron chi connectivity index (χ4n) is 21.2. The molecule has 10 heterocycles. The van der Waals surface area contributed by atoms with Crippen LogP contribution in [0.15, 0.2) is 85.6 Å². The highest BCUT2D eigenvalue weighted by molar-refractivity contribution is 7.97. The summed E-state index contributed by atoms with van der Waals surface area (Å²) in [5.41, 5.74) is 7.58. The first kappa shape index (κ1) is 79.1. The standard InChI is InChI=1S/C20H23ClN2O.C16H19F3N4OS.C15H18ClFN4OS.C14H18ClFN4O2S.C14H15ClN2/c21-16-6-13-8-22-23-18(13)17(7-16)20(24)9-19(10-20)14-2-11-1-12(4-14)5-15(19)3-11;1-25(2,24)23-12-3-4-13(23)9-22(8-12)14-6-11(16(17,18)19)5-10-7-20-21-15(10)14;1-23(2,22)21-10-3-4-11(21)8-20(7-10)15-13(17)12(16)5-9-6-18-19-14(9)15;1-14(2)8-19(4-5-20(14)23(3,21)22)11-6-10(15)12(16)9-7-17-18-13(9)11;1-9-2-4-10(5-3-9)13-7-12(15)6-11-8-16-17-14(11)13/h6-8,11-12,14-15,24H,1-5,9-10H2,(H,22,23);5-7,12-13H,1,3-4,8-9H2,2H3,(H,20,21);5-6,10-11H,1,3-4,7-8H2,2H3,(H,18,19);6-7H,4-5,8H2,1-3H3,(H,17,18);4,6-9H,2-3,5H2,1H3,(H,16,17). The van der Waals surface area contributed by atoms with Crippen LogP contribution < -0.4 is 14.7 Å². The largest absolute Gasteiger partial charge is 0.416 e. The smallest absolute Gasteiger partial charge is 0.385 e. The van der Waals surface area contributed by atoms with Gasteiger partial charge in [0.15, 0.2) is 11.6 Å². The molecule has 600 valence electrons. The predicted octanol–water partition coefficient (Wildman–Crippen LogP) is 16.0. The molecule has 5 saturated heterocycles. The minimum Gasteiger partial charge on any atom is -0.385 e. The minimum absolute atomic E-state index is 0.0252. The zero-order valence-corrected chi connectivity index (χ0v) is 68.6. The molecule has 7 unspecified atom stereocenters. The molecule has 5 aliphatic heterocycles. The van der Waals surface area contributed by atoms with Gasteiger partial charge in [0.05, 0.1) is 103 Å². The van der Waals surface area contributed by atoms with Gasteiger partial charge >= 0.3 is 6.18 Å². The second-order valence-electron chi connectivity index (χ2n) is 33.9. The van der Waals surface area contributed by atoms with Gasteiger partial charge in [0, 0.05) is 150 Å². The van der Waals surface area contributed by atoms with Crippen LogP contribution in [0.2, 0.25) is 20.1 Å². The molecular weight excluding hydrogens is 1590 g/mol. The zero-order chi connectivity index (χ0) is 79.3. The van der Waals surface area contributed by atoms with E-state index in [2.05, 4.69) is 75.7 Å². The Morgan fingerprint density at radius 3 is 1.60 bits per heavy atom. The van der Waals surface area contributed by atoms with E-state index < -0.39 is 64.0 Å². The number of rotatable bonds is 8. The van der Waals surface area contributed by atoms with Crippen LogP contribution in [0.3, 0.4) is 0 Å². The molecule has 6 N–H and O–H groups in total. The van der Waals surface area contributed by atoms with Gasteiger partial charge in [-0.25, -0.2) is 25.8 Å². The highest BCUT2D eigenvalue weighted by Gasteiger charge is 2.67. The summed E-state index contributed by atoms with van der Waals surface area (Å²) in [6, 6.07) is 13.6. The van der Waals surface area contributed by atoms with Crippen molar-refractivity contribution >= 4 is 165 Å². The molecule has 10 aromatic rings. The molecule has 7 atom stereocenters. The predicted molar refractivity (Wildman–Crippen MR) is 441 cm³/mol. The van der Waals surface area contributed by atoms with Crippen LogP contribution in [0.4, 0.5) is 39.0 Å². The molecule has 1 spiro atoms. The van der Waals surface area contributed by atoms with Gasteiger partial charge in [-0.1, -0.05) is 59.4 Å². The average molecular weight is 1680 g/mol. The monoisotopic (exact) mass is 1680 g/mol. The molecular formula is C79H93Cl4F5N16O5S3. The van der Waals surface area contributed by atoms with Crippen LogP contribution in [0.5, 0.6) is 0 Å². The van der Waals surface area contributed by atoms with E-state index in [1.807, 2.05) is 67.6 Å². The van der Waals surface area contributed by atoms with Crippen molar-refractivity contribution in [3.05, 3.63) is 134 Å². The van der Waals surface area contributed by atoms with E-state index in [0.717, 1.165) is 130 Å². The zero-order valence-electron chi connectivity index (χ0n) is 63.2. The van der Waals surface area contributed by atoms with Crippen LogP contribution in [0, 0.1) is 46.6 Å². The summed E-state index contributed by atoms with van der Waals surface area (Å²) in [5.74, 6) is 11.2. The Labute approximate surface area is 668 Å². The molecule has 21 rings (SSSR count). The Hall–Kier alpha value is -6.77. The lowest BCUT2D eigenvalue weighted by Gasteiger charge is -2.69. The Morgan fingerprint density at radius 1 is 0.562 bits per heavy atom. The van der Waals surface area contributed by atoms with Crippen molar-refractivity contribution in [3.63, 3.8) is 0 Å². The van der Waals surface area contributed by atoms with Crippen molar-refractivity contribution < 1.29 is 43.9 Å². The van der Waals surface area contributed by atoms with Crippen LogP contribution in [0.25, 0.3) is 60.1 Å². The first-order valence-electron chi connectivity index (χ1n) is 38.2. The van der Waals surface area contributed by atoms with Gasteiger partial charge in [-0.05, 0) is 205 Å². The van der Waals surface area contributed by atoms with Crippen LogP contribution in [-0.2, 0) is 41.2 Å². The quantitative estimate of drug-likeness (QED) is 0.0612. The van der Waals surface area contributed by atoms with Gasteiger partial charge in [0.25, 0.3) is 0 Å². The SMILES string of the molecule is C=S(C)(=O)N1C2CCC1CN(c1c(F)c(Cl)cc3cn[nH]c13)C2.C=S(C)(=O)N1C2CCC1CN(c1cc(C(F)(F)F)cc3cn[nH]c13)C2.CC1(C)CN(c2cc(Cl)c(F)c3cn[nH]c23)CCN1S(C)(=O)=O.CC1CC=C(c2cc(Cl)cc3cn[nH]c23)CC1.OC1(c2cc(Cl)cc3cn[nH]c23)CC2(C1)C1CC3CC(C1)CC2C3. The van der Waals surface area contributed by atoms with E-state index >= 15 is 0 Å². The van der Waals surface area contributed by atoms with Gasteiger partial charge in [0.1, 0.15) is 5.69 Å². The van der Waals surface area contributed by atoms with Crippen LogP contribution in [0.1, 0.15) is 127 Å². The van der Waals surface area contributed by atoms with E-state index in [1.165, 1.54) is 78.7 Å². The van der Waals surface area contributed by atoms with Crippen molar-refractivity contribution in [2.45, 2.75) is 152 Å². The number of anilines is 3. The fraction of sp³-hybridized carbons (Fsp3) is 0.506. The molecule has 112 heavy (non-hydrogen) atoms. The molecule has 5 aromatic carbocycles. The van der Waals surface area contributed by atoms with E-state index in [0.29, 0.717) is 94.9 Å². The number of allylic oxidation sites excluding steroid dienone is 2. The average Bonchev–Trinajstić information content (AvgIpc) is 0.719. The second kappa shape index (κ2) is 29.4. The molecule has 8 bridgehead atoms. The number of hydrogen-bond donors (Lipinski definition) is 6. The third-order valence-electron chi connectivity index (χ3n) is 25.6. The number of aromatic nitrogens is 10. The van der Waals surface area contributed by atoms with Crippen molar-refractivity contribution in [1.29, 1.82) is 0 Å². The normalized spacial score (nSPS) is 28.6. The van der Waals surface area contributed by atoms with E-state index in [4.69, 9.17) is 46.4 Å². The van der Waals surface area contributed by atoms with E-state index in [-0.39, 0.29) is 34.2 Å². The number of fused-ring (bicyclic) bond motifs is 9. The maximum Gasteiger partial charge on any atom is 0.416 e. The fourth-order valence-corrected chi connectivity index (χ4v) is 26.6. The Bertz CT molecular complexity index is 5630. The highest BCUT2D eigenvalue weighted by Crippen LogP contribution is 2.73. The summed E-state index contributed by atoms with van der Waals surface area (Å²) in [7, 11) is -7.86. The molecule has 0 radical (unpaired) electrons. The maximum atomic E-state index is 14.7. The maximum absolute atomic E-state index is 14.7. The summed E-state index contributed by atoms with van der Waals surface area (Å²) in [5, 5.41) is 51.4. The number of piperazine rings is 3. The molecule has 6 aliphatic carbocycles. The summed E-state index contributed by atoms with van der Waals surface area (Å²) < 4.78 is 123. The van der Waals surface area contributed by atoms with Gasteiger partial charge in [-0.2, -0.15) is 43.0 Å². The summed E-state index contributed by atoms with van der Waals surface area (Å²) in [6.07, 6.45) is 26.8. The Balaban J connectivity index is 0.000000106. The van der Waals surface area contributed by atoms with E-state index in [1.54, 1.807) is 37.0 Å². The third-order valence-corrected chi connectivity index (χ3v) is 31.0. The number of benzene rings is 5. The number of sulfonamides is 1. The number of halogens is 9.